The van der Waals surface area contributed by atoms with E-state index in [0.29, 0.717) is 0 Å². The molecule has 0 fully saturated rings. The smallest absolute Gasteiger partial charge is 0.131 e. The van der Waals surface area contributed by atoms with Crippen LogP contribution >= 0.6 is 0 Å². The summed E-state index contributed by atoms with van der Waals surface area (Å²) < 4.78 is 7.63. The predicted molar refractivity (Wildman–Crippen MR) is 239 cm³/mol. The summed E-state index contributed by atoms with van der Waals surface area (Å²) in [6, 6.07) is 65.0. The van der Waals surface area contributed by atoms with E-state index >= 15 is 0 Å². The van der Waals surface area contributed by atoms with Crippen LogP contribution in [0.25, 0.3) is 0 Å². The van der Waals surface area contributed by atoms with Crippen LogP contribution in [0.2, 0.25) is 0 Å². The minimum atomic E-state index is -1.14. The lowest BCUT2D eigenvalue weighted by atomic mass is 9.47. The first-order valence-corrected chi connectivity index (χ1v) is 21.5. The highest BCUT2D eigenvalue weighted by atomic mass is 16.5. The molecule has 0 aromatic heterocycles. The Labute approximate surface area is 354 Å². The molecule has 4 unspecified atom stereocenters. The molecule has 292 valence electrons. The van der Waals surface area contributed by atoms with Gasteiger partial charge in [-0.3, -0.25) is 0 Å². The fourth-order valence-electron chi connectivity index (χ4n) is 13.8. The quantitative estimate of drug-likeness (QED) is 0.140. The number of hydrogen-bond acceptors (Lipinski definition) is 5. The van der Waals surface area contributed by atoms with Crippen LogP contribution in [0.3, 0.4) is 0 Å². The molecule has 8 bridgehead atoms. The summed E-state index contributed by atoms with van der Waals surface area (Å²) >= 11 is 0. The highest BCUT2D eigenvalue weighted by molar-refractivity contribution is 5.77. The van der Waals surface area contributed by atoms with Gasteiger partial charge in [0.15, 0.2) is 0 Å². The monoisotopic (exact) mass is 786 g/mol. The molecular formula is C56H42N4O. The van der Waals surface area contributed by atoms with Gasteiger partial charge in [0.1, 0.15) is 11.5 Å². The second kappa shape index (κ2) is 11.2. The number of ether oxygens (including phenoxy) is 1. The Balaban J connectivity index is 1.05. The first kappa shape index (κ1) is 34.1. The molecule has 12 aliphatic carbocycles. The number of benzene rings is 8. The number of hydrogen-bond donors (Lipinski definition) is 4. The maximum atomic E-state index is 8.20. The second-order valence-electron chi connectivity index (χ2n) is 18.2. The van der Waals surface area contributed by atoms with Gasteiger partial charge in [0.25, 0.3) is 0 Å². The Kier molecular flexibility index (Phi) is 6.27. The van der Waals surface area contributed by atoms with Crippen molar-refractivity contribution in [2.45, 2.75) is 45.8 Å². The SMILES string of the molecule is NC12c3ccccc3C(c3ccccc31)C1c3ccccc3C2(N)c2cccc(Oc3cccc4c3C3c5ccccc5C4(N)C4(N)c5ccccc5C3c3ccccc34)c21. The third-order valence-corrected chi connectivity index (χ3v) is 16.1. The fourth-order valence-corrected chi connectivity index (χ4v) is 13.8. The van der Waals surface area contributed by atoms with Crippen LogP contribution in [0, 0.1) is 0 Å². The van der Waals surface area contributed by atoms with Crippen molar-refractivity contribution >= 4 is 0 Å². The molecule has 0 spiro atoms. The van der Waals surface area contributed by atoms with E-state index < -0.39 is 22.2 Å². The van der Waals surface area contributed by atoms with Gasteiger partial charge in [-0.25, -0.2) is 0 Å². The minimum absolute atomic E-state index is 0.0361. The average Bonchev–Trinajstić information content (AvgIpc) is 3.30. The fraction of sp³-hybridized carbons (Fsp3) is 0.143. The Morgan fingerprint density at radius 2 is 0.492 bits per heavy atom. The molecule has 8 aromatic rings. The van der Waals surface area contributed by atoms with Gasteiger partial charge in [-0.1, -0.05) is 170 Å². The number of rotatable bonds is 2. The molecule has 8 N–H and O–H groups in total. The van der Waals surface area contributed by atoms with Crippen LogP contribution in [0.1, 0.15) is 113 Å². The van der Waals surface area contributed by atoms with E-state index in [-0.39, 0.29) is 23.7 Å². The van der Waals surface area contributed by atoms with Gasteiger partial charge >= 0.3 is 0 Å². The van der Waals surface area contributed by atoms with Crippen molar-refractivity contribution < 1.29 is 4.74 Å². The molecule has 5 nitrogen and oxygen atoms in total. The molecule has 0 radical (unpaired) electrons. The molecule has 0 amide bonds. The van der Waals surface area contributed by atoms with E-state index in [0.717, 1.165) is 67.1 Å². The molecule has 0 heterocycles. The van der Waals surface area contributed by atoms with E-state index in [9.17, 15) is 0 Å². The van der Waals surface area contributed by atoms with Crippen molar-refractivity contribution in [3.8, 4) is 11.5 Å². The van der Waals surface area contributed by atoms with Crippen molar-refractivity contribution in [1.82, 2.24) is 0 Å². The van der Waals surface area contributed by atoms with Crippen LogP contribution in [-0.2, 0) is 22.2 Å². The summed E-state index contributed by atoms with van der Waals surface area (Å²) in [5, 5.41) is 0. The highest BCUT2D eigenvalue weighted by Crippen LogP contribution is 2.69. The van der Waals surface area contributed by atoms with Crippen LogP contribution in [-0.4, -0.2) is 0 Å². The summed E-state index contributed by atoms with van der Waals surface area (Å²) in [4.78, 5) is 0. The zero-order chi connectivity index (χ0) is 40.6. The lowest BCUT2D eigenvalue weighted by molar-refractivity contribution is 0.276. The molecule has 8 aromatic carbocycles. The first-order chi connectivity index (χ1) is 29.8. The Morgan fingerprint density at radius 3 is 0.787 bits per heavy atom. The summed E-state index contributed by atoms with van der Waals surface area (Å²) in [5.41, 5.74) is 45.9. The molecule has 0 saturated heterocycles. The van der Waals surface area contributed by atoms with Gasteiger partial charge in [0.2, 0.25) is 0 Å². The molecule has 12 aliphatic rings. The van der Waals surface area contributed by atoms with Gasteiger partial charge in [-0.05, 0) is 90.0 Å². The van der Waals surface area contributed by atoms with Gasteiger partial charge in [0.05, 0.1) is 22.2 Å². The zero-order valence-electron chi connectivity index (χ0n) is 33.3. The minimum Gasteiger partial charge on any atom is -0.457 e. The molecule has 61 heavy (non-hydrogen) atoms. The Hall–Kier alpha value is -6.60. The Morgan fingerprint density at radius 1 is 0.262 bits per heavy atom. The van der Waals surface area contributed by atoms with E-state index in [2.05, 4.69) is 182 Å². The van der Waals surface area contributed by atoms with Crippen LogP contribution < -0.4 is 27.7 Å². The third kappa shape index (κ3) is 3.62. The lowest BCUT2D eigenvalue weighted by Gasteiger charge is -2.60. The van der Waals surface area contributed by atoms with Crippen LogP contribution in [0.5, 0.6) is 11.5 Å². The lowest BCUT2D eigenvalue weighted by Crippen LogP contribution is -2.67. The maximum absolute atomic E-state index is 8.20. The summed E-state index contributed by atoms with van der Waals surface area (Å²) in [6.07, 6.45) is 0. The van der Waals surface area contributed by atoms with Gasteiger partial charge in [0, 0.05) is 34.8 Å². The van der Waals surface area contributed by atoms with Crippen LogP contribution in [0.4, 0.5) is 0 Å². The van der Waals surface area contributed by atoms with Crippen molar-refractivity contribution in [2.24, 2.45) is 22.9 Å². The highest BCUT2D eigenvalue weighted by Gasteiger charge is 2.65. The van der Waals surface area contributed by atoms with Crippen molar-refractivity contribution in [2.75, 3.05) is 0 Å². The largest absolute Gasteiger partial charge is 0.457 e. The third-order valence-electron chi connectivity index (χ3n) is 16.1. The second-order valence-corrected chi connectivity index (χ2v) is 18.2. The maximum Gasteiger partial charge on any atom is 0.131 e. The van der Waals surface area contributed by atoms with Crippen LogP contribution in [0.15, 0.2) is 182 Å². The van der Waals surface area contributed by atoms with Gasteiger partial charge < -0.3 is 27.7 Å². The zero-order valence-corrected chi connectivity index (χ0v) is 33.3. The summed E-state index contributed by atoms with van der Waals surface area (Å²) in [5.74, 6) is 1.25. The summed E-state index contributed by atoms with van der Waals surface area (Å²) in [7, 11) is 0. The molecule has 0 saturated carbocycles. The van der Waals surface area contributed by atoms with Crippen molar-refractivity contribution in [1.29, 1.82) is 0 Å². The topological polar surface area (TPSA) is 113 Å². The van der Waals surface area contributed by atoms with E-state index in [1.807, 2.05) is 0 Å². The molecule has 4 atom stereocenters. The average molecular weight is 787 g/mol. The van der Waals surface area contributed by atoms with Crippen molar-refractivity contribution in [3.05, 3.63) is 271 Å². The van der Waals surface area contributed by atoms with E-state index in [1.165, 1.54) is 33.4 Å². The molecule has 20 rings (SSSR count). The Bertz CT molecular complexity index is 2950. The van der Waals surface area contributed by atoms with Gasteiger partial charge in [-0.2, -0.15) is 0 Å². The van der Waals surface area contributed by atoms with E-state index in [4.69, 9.17) is 27.7 Å². The standard InChI is InChI=1S/C56H42N4O/c57-53-37-21-7-1-15-31(37)47(32-16-2-8-22-38(32)53)49-35-19-5-11-25-41(35)55(53,59)43-27-13-29-45(51(43)49)61-46-30-14-28-44-52(46)50-36-20-6-12-26-42(36)56(44,60)54(58)39-23-9-3-17-33(39)48(50)34-18-4-10-24-40(34)54/h1-30,47-50H,57-60H2. The normalized spacial score (nSPS) is 29.2. The van der Waals surface area contributed by atoms with E-state index in [1.54, 1.807) is 0 Å². The molecule has 5 heteroatoms. The summed E-state index contributed by atoms with van der Waals surface area (Å²) in [6.45, 7) is 0. The molecular weight excluding hydrogens is 745 g/mol. The predicted octanol–water partition coefficient (Wildman–Crippen LogP) is 9.50. The van der Waals surface area contributed by atoms with Crippen molar-refractivity contribution in [3.63, 3.8) is 0 Å². The van der Waals surface area contributed by atoms with Gasteiger partial charge in [-0.15, -0.1) is 0 Å². The first-order valence-electron chi connectivity index (χ1n) is 21.5. The molecule has 0 aliphatic heterocycles. The number of nitrogens with two attached hydrogens (primary N) is 4.